The molecule has 0 amide bonds. The van der Waals surface area contributed by atoms with Gasteiger partial charge in [-0.1, -0.05) is 11.2 Å². The molecule has 21 heavy (non-hydrogen) atoms. The number of anilines is 1. The Balaban J connectivity index is 1.94. The fourth-order valence-electron chi connectivity index (χ4n) is 2.34. The van der Waals surface area contributed by atoms with Gasteiger partial charge in [0.1, 0.15) is 0 Å². The van der Waals surface area contributed by atoms with E-state index in [0.29, 0.717) is 31.9 Å². The van der Waals surface area contributed by atoms with Crippen LogP contribution < -0.4 is 4.90 Å². The lowest BCUT2D eigenvalue weighted by Gasteiger charge is -2.36. The SMILES string of the molecule is [N-]=[N+]=NCCN1CCN(c2cccc(C(F)(F)F)c2)CC1. The van der Waals surface area contributed by atoms with E-state index >= 15 is 0 Å². The summed E-state index contributed by atoms with van der Waals surface area (Å²) in [5, 5.41) is 3.48. The van der Waals surface area contributed by atoms with Gasteiger partial charge in [-0.2, -0.15) is 13.2 Å². The third-order valence-corrected chi connectivity index (χ3v) is 3.49. The van der Waals surface area contributed by atoms with E-state index in [0.717, 1.165) is 19.2 Å². The molecular weight excluding hydrogens is 283 g/mol. The zero-order chi connectivity index (χ0) is 15.3. The summed E-state index contributed by atoms with van der Waals surface area (Å²) in [6, 6.07) is 5.41. The lowest BCUT2D eigenvalue weighted by atomic mass is 10.1. The Morgan fingerprint density at radius 3 is 2.52 bits per heavy atom. The van der Waals surface area contributed by atoms with Gasteiger partial charge in [-0.3, -0.25) is 4.90 Å². The standard InChI is InChI=1S/C13H16F3N5/c14-13(15,16)11-2-1-3-12(10-11)21-8-6-20(7-9-21)5-4-18-19-17/h1-3,10H,4-9H2. The van der Waals surface area contributed by atoms with Crippen molar-refractivity contribution in [2.24, 2.45) is 5.11 Å². The molecule has 0 unspecified atom stereocenters. The zero-order valence-corrected chi connectivity index (χ0v) is 11.4. The topological polar surface area (TPSA) is 55.2 Å². The van der Waals surface area contributed by atoms with Crippen molar-refractivity contribution in [3.8, 4) is 0 Å². The quantitative estimate of drug-likeness (QED) is 0.487. The summed E-state index contributed by atoms with van der Waals surface area (Å²) in [5.74, 6) is 0. The van der Waals surface area contributed by atoms with Crippen LogP contribution in [0.1, 0.15) is 5.56 Å². The van der Waals surface area contributed by atoms with E-state index in [4.69, 9.17) is 5.53 Å². The number of nitrogens with zero attached hydrogens (tertiary/aromatic N) is 5. The molecule has 5 nitrogen and oxygen atoms in total. The van der Waals surface area contributed by atoms with Crippen LogP contribution >= 0.6 is 0 Å². The van der Waals surface area contributed by atoms with Gasteiger partial charge in [-0.05, 0) is 23.7 Å². The van der Waals surface area contributed by atoms with Gasteiger partial charge in [0, 0.05) is 49.9 Å². The number of hydrogen-bond acceptors (Lipinski definition) is 3. The first-order valence-corrected chi connectivity index (χ1v) is 6.66. The second kappa shape index (κ2) is 6.69. The molecule has 0 aromatic heterocycles. The van der Waals surface area contributed by atoms with Crippen molar-refractivity contribution in [2.45, 2.75) is 6.18 Å². The Hall–Kier alpha value is -1.92. The first-order valence-electron chi connectivity index (χ1n) is 6.66. The molecule has 0 spiro atoms. The van der Waals surface area contributed by atoms with Crippen molar-refractivity contribution in [3.05, 3.63) is 40.3 Å². The van der Waals surface area contributed by atoms with Gasteiger partial charge in [0.15, 0.2) is 0 Å². The molecule has 0 N–H and O–H groups in total. The fraction of sp³-hybridized carbons (Fsp3) is 0.538. The van der Waals surface area contributed by atoms with Gasteiger partial charge in [-0.15, -0.1) is 0 Å². The minimum Gasteiger partial charge on any atom is -0.369 e. The molecule has 0 bridgehead atoms. The molecule has 0 radical (unpaired) electrons. The van der Waals surface area contributed by atoms with E-state index < -0.39 is 11.7 Å². The Bertz CT molecular complexity index is 517. The molecule has 0 atom stereocenters. The predicted molar refractivity (Wildman–Crippen MR) is 74.1 cm³/mol. The maximum atomic E-state index is 12.7. The van der Waals surface area contributed by atoms with E-state index in [1.54, 1.807) is 6.07 Å². The van der Waals surface area contributed by atoms with Crippen LogP contribution in [0.15, 0.2) is 29.4 Å². The molecule has 1 saturated heterocycles. The van der Waals surface area contributed by atoms with E-state index in [-0.39, 0.29) is 0 Å². The van der Waals surface area contributed by atoms with Crippen molar-refractivity contribution >= 4 is 5.69 Å². The highest BCUT2D eigenvalue weighted by atomic mass is 19.4. The second-order valence-corrected chi connectivity index (χ2v) is 4.83. The van der Waals surface area contributed by atoms with E-state index in [1.807, 2.05) is 4.90 Å². The summed E-state index contributed by atoms with van der Waals surface area (Å²) in [7, 11) is 0. The van der Waals surface area contributed by atoms with Crippen LogP contribution in [-0.2, 0) is 6.18 Å². The minimum atomic E-state index is -4.31. The average Bonchev–Trinajstić information content (AvgIpc) is 2.47. The van der Waals surface area contributed by atoms with Crippen LogP contribution in [0.25, 0.3) is 10.4 Å². The van der Waals surface area contributed by atoms with Gasteiger partial charge >= 0.3 is 6.18 Å². The summed E-state index contributed by atoms with van der Waals surface area (Å²) in [5.41, 5.74) is 8.19. The van der Waals surface area contributed by atoms with Gasteiger partial charge in [0.2, 0.25) is 0 Å². The molecule has 1 fully saturated rings. The Kier molecular flexibility index (Phi) is 4.93. The van der Waals surface area contributed by atoms with Crippen LogP contribution in [0.3, 0.4) is 0 Å². The highest BCUT2D eigenvalue weighted by Gasteiger charge is 2.31. The van der Waals surface area contributed by atoms with Crippen LogP contribution in [0.4, 0.5) is 18.9 Å². The Morgan fingerprint density at radius 1 is 1.19 bits per heavy atom. The van der Waals surface area contributed by atoms with Crippen molar-refractivity contribution < 1.29 is 13.2 Å². The second-order valence-electron chi connectivity index (χ2n) is 4.83. The number of rotatable bonds is 4. The summed E-state index contributed by atoms with van der Waals surface area (Å²) in [6.45, 7) is 3.92. The van der Waals surface area contributed by atoms with Crippen LogP contribution in [0, 0.1) is 0 Å². The number of benzene rings is 1. The Labute approximate surface area is 120 Å². The van der Waals surface area contributed by atoms with Crippen molar-refractivity contribution in [1.82, 2.24) is 4.90 Å². The molecule has 114 valence electrons. The molecule has 1 heterocycles. The van der Waals surface area contributed by atoms with E-state index in [9.17, 15) is 13.2 Å². The van der Waals surface area contributed by atoms with Gasteiger partial charge < -0.3 is 4.90 Å². The molecule has 0 aliphatic carbocycles. The third kappa shape index (κ3) is 4.27. The monoisotopic (exact) mass is 299 g/mol. The average molecular weight is 299 g/mol. The first-order chi connectivity index (χ1) is 10.0. The summed E-state index contributed by atoms with van der Waals surface area (Å²) in [6.07, 6.45) is -4.31. The van der Waals surface area contributed by atoms with E-state index in [1.165, 1.54) is 12.1 Å². The third-order valence-electron chi connectivity index (χ3n) is 3.49. The van der Waals surface area contributed by atoms with Crippen LogP contribution in [0.2, 0.25) is 0 Å². The summed E-state index contributed by atoms with van der Waals surface area (Å²) < 4.78 is 38.1. The number of azide groups is 1. The highest BCUT2D eigenvalue weighted by molar-refractivity contribution is 5.49. The smallest absolute Gasteiger partial charge is 0.369 e. The lowest BCUT2D eigenvalue weighted by Crippen LogP contribution is -2.47. The molecule has 1 aliphatic heterocycles. The maximum absolute atomic E-state index is 12.7. The zero-order valence-electron chi connectivity index (χ0n) is 11.4. The minimum absolute atomic E-state index is 0.417. The number of piperazine rings is 1. The largest absolute Gasteiger partial charge is 0.416 e. The van der Waals surface area contributed by atoms with Crippen molar-refractivity contribution in [2.75, 3.05) is 44.2 Å². The number of alkyl halides is 3. The number of halogens is 3. The maximum Gasteiger partial charge on any atom is 0.416 e. The van der Waals surface area contributed by atoms with Gasteiger partial charge in [-0.25, -0.2) is 0 Å². The normalized spacial score (nSPS) is 16.6. The predicted octanol–water partition coefficient (Wildman–Crippen LogP) is 3.14. The van der Waals surface area contributed by atoms with Crippen molar-refractivity contribution in [1.29, 1.82) is 0 Å². The molecule has 1 aromatic rings. The molecule has 2 rings (SSSR count). The molecule has 0 saturated carbocycles. The molecular formula is C13H16F3N5. The number of hydrogen-bond donors (Lipinski definition) is 0. The van der Waals surface area contributed by atoms with Gasteiger partial charge in [0.25, 0.3) is 0 Å². The Morgan fingerprint density at radius 2 is 1.90 bits per heavy atom. The van der Waals surface area contributed by atoms with E-state index in [2.05, 4.69) is 14.9 Å². The molecule has 8 heteroatoms. The lowest BCUT2D eigenvalue weighted by molar-refractivity contribution is -0.137. The highest BCUT2D eigenvalue weighted by Crippen LogP contribution is 2.31. The van der Waals surface area contributed by atoms with Crippen molar-refractivity contribution in [3.63, 3.8) is 0 Å². The fourth-order valence-corrected chi connectivity index (χ4v) is 2.34. The molecule has 1 aliphatic rings. The van der Waals surface area contributed by atoms with Crippen LogP contribution in [0.5, 0.6) is 0 Å². The van der Waals surface area contributed by atoms with Crippen LogP contribution in [-0.4, -0.2) is 44.2 Å². The summed E-state index contributed by atoms with van der Waals surface area (Å²) >= 11 is 0. The summed E-state index contributed by atoms with van der Waals surface area (Å²) in [4.78, 5) is 6.78. The molecule has 1 aromatic carbocycles. The van der Waals surface area contributed by atoms with Gasteiger partial charge in [0.05, 0.1) is 5.56 Å². The first kappa shape index (κ1) is 15.5.